The van der Waals surface area contributed by atoms with Crippen molar-refractivity contribution in [2.75, 3.05) is 17.3 Å². The van der Waals surface area contributed by atoms with Gasteiger partial charge >= 0.3 is 5.97 Å². The minimum Gasteiger partial charge on any atom is -0.465 e. The van der Waals surface area contributed by atoms with Gasteiger partial charge in [0.2, 0.25) is 11.8 Å². The summed E-state index contributed by atoms with van der Waals surface area (Å²) in [6, 6.07) is 17.2. The average molecular weight is 369 g/mol. The SMILES string of the molecule is CCOC(=O)CSC1CC(=O)N(c2ccc(-c3ccccc3)cc2)C1=O. The van der Waals surface area contributed by atoms with Crippen molar-refractivity contribution in [3.05, 3.63) is 54.6 Å². The van der Waals surface area contributed by atoms with E-state index in [1.54, 1.807) is 19.1 Å². The number of thioether (sulfide) groups is 1. The maximum absolute atomic E-state index is 12.6. The molecule has 3 rings (SSSR count). The molecule has 1 saturated heterocycles. The van der Waals surface area contributed by atoms with Gasteiger partial charge < -0.3 is 4.74 Å². The van der Waals surface area contributed by atoms with Crippen LogP contribution in [-0.4, -0.2) is 35.4 Å². The van der Waals surface area contributed by atoms with Crippen molar-refractivity contribution in [2.24, 2.45) is 0 Å². The number of imide groups is 1. The molecule has 0 saturated carbocycles. The molecule has 0 spiro atoms. The van der Waals surface area contributed by atoms with Crippen LogP contribution in [0.4, 0.5) is 5.69 Å². The standard InChI is InChI=1S/C20H19NO4S/c1-2-25-19(23)13-26-17-12-18(22)21(20(17)24)16-10-8-15(9-11-16)14-6-4-3-5-7-14/h3-11,17H,2,12-13H2,1H3. The lowest BCUT2D eigenvalue weighted by Gasteiger charge is -2.15. The lowest BCUT2D eigenvalue weighted by Crippen LogP contribution is -2.31. The van der Waals surface area contributed by atoms with E-state index in [1.807, 2.05) is 42.5 Å². The molecule has 0 aliphatic carbocycles. The van der Waals surface area contributed by atoms with E-state index >= 15 is 0 Å². The Balaban J connectivity index is 1.70. The van der Waals surface area contributed by atoms with Crippen LogP contribution in [0.1, 0.15) is 13.3 Å². The molecule has 1 aliphatic rings. The first-order valence-electron chi connectivity index (χ1n) is 8.39. The highest BCUT2D eigenvalue weighted by atomic mass is 32.2. The van der Waals surface area contributed by atoms with Crippen molar-refractivity contribution in [1.29, 1.82) is 0 Å². The van der Waals surface area contributed by atoms with Crippen LogP contribution in [0.3, 0.4) is 0 Å². The fraction of sp³-hybridized carbons (Fsp3) is 0.250. The predicted octanol–water partition coefficient (Wildman–Crippen LogP) is 3.28. The summed E-state index contributed by atoms with van der Waals surface area (Å²) in [6.07, 6.45) is 0.101. The van der Waals surface area contributed by atoms with Gasteiger partial charge in [0.15, 0.2) is 0 Å². The summed E-state index contributed by atoms with van der Waals surface area (Å²) < 4.78 is 4.86. The molecule has 0 N–H and O–H groups in total. The Labute approximate surface area is 156 Å². The number of amides is 2. The molecule has 1 aliphatic heterocycles. The summed E-state index contributed by atoms with van der Waals surface area (Å²) >= 11 is 1.16. The van der Waals surface area contributed by atoms with Crippen molar-refractivity contribution in [1.82, 2.24) is 0 Å². The summed E-state index contributed by atoms with van der Waals surface area (Å²) in [7, 11) is 0. The number of esters is 1. The number of carbonyl (C=O) groups excluding carboxylic acids is 3. The van der Waals surface area contributed by atoms with E-state index in [4.69, 9.17) is 4.74 Å². The first kappa shape index (κ1) is 18.2. The van der Waals surface area contributed by atoms with E-state index in [0.717, 1.165) is 22.9 Å². The molecule has 0 bridgehead atoms. The molecule has 134 valence electrons. The quantitative estimate of drug-likeness (QED) is 0.578. The zero-order chi connectivity index (χ0) is 18.5. The molecule has 1 unspecified atom stereocenters. The first-order chi connectivity index (χ1) is 12.6. The fourth-order valence-electron chi connectivity index (χ4n) is 2.81. The molecule has 5 nitrogen and oxygen atoms in total. The second-order valence-electron chi connectivity index (χ2n) is 5.79. The summed E-state index contributed by atoms with van der Waals surface area (Å²) in [4.78, 5) is 37.5. The zero-order valence-electron chi connectivity index (χ0n) is 14.4. The van der Waals surface area contributed by atoms with Crippen molar-refractivity contribution in [3.63, 3.8) is 0 Å². The number of ether oxygens (including phenoxy) is 1. The van der Waals surface area contributed by atoms with Gasteiger partial charge in [0.25, 0.3) is 0 Å². The Bertz CT molecular complexity index is 804. The average Bonchev–Trinajstić information content (AvgIpc) is 2.95. The minimum atomic E-state index is -0.541. The largest absolute Gasteiger partial charge is 0.465 e. The number of carbonyl (C=O) groups is 3. The molecule has 1 fully saturated rings. The molecule has 1 heterocycles. The lowest BCUT2D eigenvalue weighted by molar-refractivity contribution is -0.139. The summed E-state index contributed by atoms with van der Waals surface area (Å²) in [5, 5.41) is -0.541. The highest BCUT2D eigenvalue weighted by Gasteiger charge is 2.40. The van der Waals surface area contributed by atoms with Crippen LogP contribution in [0.2, 0.25) is 0 Å². The van der Waals surface area contributed by atoms with E-state index in [-0.39, 0.29) is 30.0 Å². The minimum absolute atomic E-state index is 0.0678. The van der Waals surface area contributed by atoms with Gasteiger partial charge in [-0.05, 0) is 30.2 Å². The number of rotatable bonds is 6. The van der Waals surface area contributed by atoms with Gasteiger partial charge in [0.05, 0.1) is 23.3 Å². The van der Waals surface area contributed by atoms with E-state index in [0.29, 0.717) is 12.3 Å². The maximum atomic E-state index is 12.6. The zero-order valence-corrected chi connectivity index (χ0v) is 15.2. The number of nitrogens with zero attached hydrogens (tertiary/aromatic N) is 1. The van der Waals surface area contributed by atoms with Gasteiger partial charge in [-0.3, -0.25) is 14.4 Å². The summed E-state index contributed by atoms with van der Waals surface area (Å²) in [5.41, 5.74) is 2.64. The predicted molar refractivity (Wildman–Crippen MR) is 102 cm³/mol. The fourth-order valence-corrected chi connectivity index (χ4v) is 3.74. The van der Waals surface area contributed by atoms with Gasteiger partial charge in [-0.25, -0.2) is 4.90 Å². The van der Waals surface area contributed by atoms with Gasteiger partial charge in [-0.2, -0.15) is 0 Å². The molecule has 1 atom stereocenters. The number of hydrogen-bond donors (Lipinski definition) is 0. The van der Waals surface area contributed by atoms with Crippen LogP contribution < -0.4 is 4.90 Å². The smallest absolute Gasteiger partial charge is 0.315 e. The van der Waals surface area contributed by atoms with E-state index < -0.39 is 5.25 Å². The normalized spacial score (nSPS) is 16.8. The van der Waals surface area contributed by atoms with Crippen LogP contribution in [0.15, 0.2) is 54.6 Å². The molecule has 26 heavy (non-hydrogen) atoms. The first-order valence-corrected chi connectivity index (χ1v) is 9.44. The second-order valence-corrected chi connectivity index (χ2v) is 6.98. The van der Waals surface area contributed by atoms with Gasteiger partial charge in [-0.15, -0.1) is 11.8 Å². The molecule has 2 aromatic rings. The highest BCUT2D eigenvalue weighted by Crippen LogP contribution is 2.31. The van der Waals surface area contributed by atoms with Crippen molar-refractivity contribution in [3.8, 4) is 11.1 Å². The Kier molecular flexibility index (Phi) is 5.73. The number of benzene rings is 2. The second kappa shape index (κ2) is 8.19. The molecule has 2 aromatic carbocycles. The van der Waals surface area contributed by atoms with Crippen LogP contribution in [0.5, 0.6) is 0 Å². The van der Waals surface area contributed by atoms with Crippen molar-refractivity contribution in [2.45, 2.75) is 18.6 Å². The molecule has 2 amide bonds. The Hall–Kier alpha value is -2.60. The van der Waals surface area contributed by atoms with Crippen LogP contribution in [-0.2, 0) is 19.1 Å². The van der Waals surface area contributed by atoms with Crippen LogP contribution in [0.25, 0.3) is 11.1 Å². The third-order valence-electron chi connectivity index (χ3n) is 4.05. The topological polar surface area (TPSA) is 63.7 Å². The summed E-state index contributed by atoms with van der Waals surface area (Å²) in [6.45, 7) is 2.03. The number of anilines is 1. The van der Waals surface area contributed by atoms with Crippen molar-refractivity contribution < 1.29 is 19.1 Å². The third-order valence-corrected chi connectivity index (χ3v) is 5.22. The lowest BCUT2D eigenvalue weighted by atomic mass is 10.1. The Morgan fingerprint density at radius 1 is 1.08 bits per heavy atom. The van der Waals surface area contributed by atoms with E-state index in [9.17, 15) is 14.4 Å². The third kappa shape index (κ3) is 3.96. The molecule has 0 aromatic heterocycles. The van der Waals surface area contributed by atoms with E-state index in [1.165, 1.54) is 4.90 Å². The molecular weight excluding hydrogens is 350 g/mol. The number of hydrogen-bond acceptors (Lipinski definition) is 5. The van der Waals surface area contributed by atoms with E-state index in [2.05, 4.69) is 0 Å². The van der Waals surface area contributed by atoms with Gasteiger partial charge in [0.1, 0.15) is 0 Å². The Morgan fingerprint density at radius 3 is 2.38 bits per heavy atom. The van der Waals surface area contributed by atoms with Crippen molar-refractivity contribution >= 4 is 35.2 Å². The van der Waals surface area contributed by atoms with Gasteiger partial charge in [-0.1, -0.05) is 42.5 Å². The molecule has 0 radical (unpaired) electrons. The van der Waals surface area contributed by atoms with Gasteiger partial charge in [0, 0.05) is 6.42 Å². The molecule has 6 heteroatoms. The Morgan fingerprint density at radius 2 is 1.73 bits per heavy atom. The maximum Gasteiger partial charge on any atom is 0.315 e. The monoisotopic (exact) mass is 369 g/mol. The van der Waals surface area contributed by atoms with Crippen LogP contribution >= 0.6 is 11.8 Å². The summed E-state index contributed by atoms with van der Waals surface area (Å²) in [5.74, 6) is -0.831. The highest BCUT2D eigenvalue weighted by molar-refractivity contribution is 8.01. The van der Waals surface area contributed by atoms with Crippen LogP contribution in [0, 0.1) is 0 Å². The molecular formula is C20H19NO4S.